The number of nitrogens with two attached hydrogens (primary N) is 1. The maximum absolute atomic E-state index is 13.4. The fourth-order valence-corrected chi connectivity index (χ4v) is 2.07. The van der Waals surface area contributed by atoms with Crippen molar-refractivity contribution in [1.82, 2.24) is 9.97 Å². The number of rotatable bonds is 2. The molecule has 0 spiro atoms. The van der Waals surface area contributed by atoms with E-state index in [0.717, 1.165) is 4.88 Å². The molecule has 0 aliphatic heterocycles. The van der Waals surface area contributed by atoms with Crippen LogP contribution in [0, 0.1) is 5.82 Å². The van der Waals surface area contributed by atoms with Crippen molar-refractivity contribution in [2.75, 3.05) is 0 Å². The van der Waals surface area contributed by atoms with E-state index in [9.17, 15) is 4.39 Å². The summed E-state index contributed by atoms with van der Waals surface area (Å²) in [7, 11) is 0. The van der Waals surface area contributed by atoms with Crippen LogP contribution in [0.4, 0.5) is 4.39 Å². The number of pyridine rings is 1. The summed E-state index contributed by atoms with van der Waals surface area (Å²) in [6.07, 6.45) is 4.41. The van der Waals surface area contributed by atoms with Gasteiger partial charge in [-0.2, -0.15) is 0 Å². The fourth-order valence-electron chi connectivity index (χ4n) is 1.17. The third-order valence-corrected chi connectivity index (χ3v) is 3.21. The molecule has 5 heteroatoms. The second-order valence-corrected chi connectivity index (χ2v) is 4.27. The van der Waals surface area contributed by atoms with Crippen LogP contribution in [0.3, 0.4) is 0 Å². The van der Waals surface area contributed by atoms with Crippen LogP contribution in [0.25, 0.3) is 10.6 Å². The van der Waals surface area contributed by atoms with Gasteiger partial charge in [-0.15, -0.1) is 11.3 Å². The highest BCUT2D eigenvalue weighted by atomic mass is 32.1. The molecule has 0 radical (unpaired) electrons. The fraction of sp³-hybridized carbons (Fsp3) is 0.200. The van der Waals surface area contributed by atoms with Crippen molar-refractivity contribution < 1.29 is 4.39 Å². The van der Waals surface area contributed by atoms with E-state index in [2.05, 4.69) is 9.97 Å². The van der Waals surface area contributed by atoms with Gasteiger partial charge in [0.25, 0.3) is 0 Å². The summed E-state index contributed by atoms with van der Waals surface area (Å²) in [5.41, 5.74) is 6.18. The zero-order valence-corrected chi connectivity index (χ0v) is 8.96. The Bertz CT molecular complexity index is 467. The number of thiazole rings is 1. The molecular formula is C10H10FN3S. The van der Waals surface area contributed by atoms with Crippen LogP contribution in [0.5, 0.6) is 0 Å². The molecule has 0 bridgehead atoms. The highest BCUT2D eigenvalue weighted by Gasteiger charge is 2.10. The van der Waals surface area contributed by atoms with Crippen molar-refractivity contribution in [2.45, 2.75) is 13.0 Å². The molecule has 0 aromatic carbocycles. The van der Waals surface area contributed by atoms with E-state index in [0.29, 0.717) is 10.6 Å². The molecule has 0 aliphatic rings. The topological polar surface area (TPSA) is 51.8 Å². The van der Waals surface area contributed by atoms with E-state index in [-0.39, 0.29) is 11.9 Å². The Morgan fingerprint density at radius 3 is 2.87 bits per heavy atom. The highest BCUT2D eigenvalue weighted by molar-refractivity contribution is 7.15. The number of hydrogen-bond acceptors (Lipinski definition) is 4. The van der Waals surface area contributed by atoms with Crippen LogP contribution >= 0.6 is 11.3 Å². The van der Waals surface area contributed by atoms with E-state index < -0.39 is 0 Å². The Kier molecular flexibility index (Phi) is 2.75. The van der Waals surface area contributed by atoms with E-state index in [4.69, 9.17) is 5.73 Å². The second-order valence-electron chi connectivity index (χ2n) is 3.21. The van der Waals surface area contributed by atoms with Gasteiger partial charge in [0.2, 0.25) is 0 Å². The van der Waals surface area contributed by atoms with Crippen LogP contribution in [-0.2, 0) is 0 Å². The van der Waals surface area contributed by atoms with Crippen molar-refractivity contribution in [3.05, 3.63) is 35.4 Å². The molecule has 1 unspecified atom stereocenters. The largest absolute Gasteiger partial charge is 0.323 e. The van der Waals surface area contributed by atoms with Crippen molar-refractivity contribution in [1.29, 1.82) is 0 Å². The molecule has 78 valence electrons. The predicted octanol–water partition coefficient (Wildman–Crippen LogP) is 2.36. The zero-order chi connectivity index (χ0) is 10.8. The first-order valence-corrected chi connectivity index (χ1v) is 5.31. The molecule has 2 N–H and O–H groups in total. The normalized spacial score (nSPS) is 12.7. The third kappa shape index (κ3) is 2.03. The average molecular weight is 223 g/mol. The molecule has 0 saturated carbocycles. The van der Waals surface area contributed by atoms with Gasteiger partial charge >= 0.3 is 0 Å². The lowest BCUT2D eigenvalue weighted by Gasteiger charge is -1.98. The molecule has 15 heavy (non-hydrogen) atoms. The van der Waals surface area contributed by atoms with Gasteiger partial charge in [-0.05, 0) is 13.0 Å². The summed E-state index contributed by atoms with van der Waals surface area (Å²) in [4.78, 5) is 8.77. The maximum Gasteiger partial charge on any atom is 0.151 e. The summed E-state index contributed by atoms with van der Waals surface area (Å²) in [6.45, 7) is 1.88. The Morgan fingerprint density at radius 2 is 2.27 bits per heavy atom. The summed E-state index contributed by atoms with van der Waals surface area (Å²) in [5, 5.41) is 0.641. The number of hydrogen-bond donors (Lipinski definition) is 1. The van der Waals surface area contributed by atoms with Crippen molar-refractivity contribution in [3.8, 4) is 10.6 Å². The van der Waals surface area contributed by atoms with Gasteiger partial charge in [0.15, 0.2) is 5.82 Å². The van der Waals surface area contributed by atoms with Crippen LogP contribution in [-0.4, -0.2) is 9.97 Å². The minimum absolute atomic E-state index is 0.0684. The Hall–Kier alpha value is -1.33. The molecule has 2 heterocycles. The van der Waals surface area contributed by atoms with Gasteiger partial charge in [-0.25, -0.2) is 9.37 Å². The van der Waals surface area contributed by atoms with Gasteiger partial charge in [-0.3, -0.25) is 4.98 Å². The molecule has 0 fully saturated rings. The molecule has 0 amide bonds. The predicted molar refractivity (Wildman–Crippen MR) is 57.9 cm³/mol. The minimum Gasteiger partial charge on any atom is -0.323 e. The number of halogens is 1. The van der Waals surface area contributed by atoms with Gasteiger partial charge in [0.1, 0.15) is 5.01 Å². The lowest BCUT2D eigenvalue weighted by molar-refractivity contribution is 0.625. The maximum atomic E-state index is 13.4. The first kappa shape index (κ1) is 10.2. The Morgan fingerprint density at radius 1 is 1.47 bits per heavy atom. The summed E-state index contributed by atoms with van der Waals surface area (Å²) in [6, 6.07) is 1.54. The Labute approximate surface area is 90.8 Å². The summed E-state index contributed by atoms with van der Waals surface area (Å²) < 4.78 is 13.4. The zero-order valence-electron chi connectivity index (χ0n) is 8.14. The lowest BCUT2D eigenvalue weighted by Crippen LogP contribution is -2.01. The molecule has 1 atom stereocenters. The standard InChI is InChI=1S/C10H10FN3S/c1-6(12)9-5-14-10(15-9)7-2-3-13-4-8(7)11/h2-6H,12H2,1H3. The molecule has 3 nitrogen and oxygen atoms in total. The van der Waals surface area contributed by atoms with Crippen LogP contribution in [0.2, 0.25) is 0 Å². The Balaban J connectivity index is 2.42. The molecule has 2 aromatic heterocycles. The SMILES string of the molecule is CC(N)c1cnc(-c2ccncc2F)s1. The first-order valence-electron chi connectivity index (χ1n) is 4.49. The van der Waals surface area contributed by atoms with Gasteiger partial charge < -0.3 is 5.73 Å². The van der Waals surface area contributed by atoms with Crippen LogP contribution in [0.1, 0.15) is 17.8 Å². The summed E-state index contributed by atoms with van der Waals surface area (Å²) in [5.74, 6) is -0.358. The van der Waals surface area contributed by atoms with Crippen molar-refractivity contribution in [2.24, 2.45) is 5.73 Å². The highest BCUT2D eigenvalue weighted by Crippen LogP contribution is 2.28. The van der Waals surface area contributed by atoms with Gasteiger partial charge in [0.05, 0.1) is 6.20 Å². The second kappa shape index (κ2) is 4.04. The quantitative estimate of drug-likeness (QED) is 0.850. The molecule has 0 saturated heterocycles. The molecular weight excluding hydrogens is 213 g/mol. The molecule has 0 aliphatic carbocycles. The monoisotopic (exact) mass is 223 g/mol. The van der Waals surface area contributed by atoms with Crippen molar-refractivity contribution >= 4 is 11.3 Å². The van der Waals surface area contributed by atoms with Gasteiger partial charge in [-0.1, -0.05) is 0 Å². The van der Waals surface area contributed by atoms with Gasteiger partial charge in [0, 0.05) is 28.9 Å². The van der Waals surface area contributed by atoms with Crippen LogP contribution in [0.15, 0.2) is 24.7 Å². The van der Waals surface area contributed by atoms with E-state index in [1.807, 2.05) is 6.92 Å². The molecule has 2 aromatic rings. The third-order valence-electron chi connectivity index (χ3n) is 1.98. The average Bonchev–Trinajstić information content (AvgIpc) is 2.67. The van der Waals surface area contributed by atoms with Crippen LogP contribution < -0.4 is 5.73 Å². The lowest BCUT2D eigenvalue weighted by atomic mass is 10.3. The first-order chi connectivity index (χ1) is 7.18. The van der Waals surface area contributed by atoms with E-state index >= 15 is 0 Å². The van der Waals surface area contributed by atoms with E-state index in [1.54, 1.807) is 18.5 Å². The number of nitrogens with zero attached hydrogens (tertiary/aromatic N) is 2. The molecule has 2 rings (SSSR count). The van der Waals surface area contributed by atoms with Crippen molar-refractivity contribution in [3.63, 3.8) is 0 Å². The summed E-state index contributed by atoms with van der Waals surface area (Å²) >= 11 is 1.40. The van der Waals surface area contributed by atoms with E-state index in [1.165, 1.54) is 17.5 Å². The smallest absolute Gasteiger partial charge is 0.151 e. The minimum atomic E-state index is -0.358. The number of aromatic nitrogens is 2.